The molecule has 3 aromatic rings. The van der Waals surface area contributed by atoms with Gasteiger partial charge in [0.05, 0.1) is 12.0 Å². The lowest BCUT2D eigenvalue weighted by molar-refractivity contribution is 0.318. The van der Waals surface area contributed by atoms with E-state index in [1.54, 1.807) is 28.8 Å². The average Bonchev–Trinajstić information content (AvgIpc) is 3.08. The minimum atomic E-state index is -0.280. The van der Waals surface area contributed by atoms with Crippen LogP contribution in [0.25, 0.3) is 10.2 Å². The molecule has 1 aromatic carbocycles. The van der Waals surface area contributed by atoms with E-state index in [1.165, 1.54) is 35.2 Å². The molecule has 2 aromatic heterocycles. The normalized spacial score (nSPS) is 10.9. The first-order chi connectivity index (χ1) is 12.2. The van der Waals surface area contributed by atoms with Crippen LogP contribution in [0.15, 0.2) is 58.3 Å². The van der Waals surface area contributed by atoms with Crippen LogP contribution in [0.1, 0.15) is 6.42 Å². The molecule has 2 heterocycles. The fourth-order valence-corrected chi connectivity index (χ4v) is 4.00. The highest BCUT2D eigenvalue weighted by molar-refractivity contribution is 7.99. The van der Waals surface area contributed by atoms with Crippen LogP contribution in [-0.2, 0) is 6.54 Å². The van der Waals surface area contributed by atoms with Gasteiger partial charge in [0.2, 0.25) is 0 Å². The van der Waals surface area contributed by atoms with E-state index < -0.39 is 0 Å². The van der Waals surface area contributed by atoms with Gasteiger partial charge in [-0.05, 0) is 42.1 Å². The standard InChI is InChI=1S/C18H17FN2O2S2/c1-2-9-21-17(22)15-8-12-24-16(15)20-18(21)25-11-3-10-23-14-6-4-13(19)5-7-14/h2,4-8,12H,1,3,9-11H2. The number of thioether (sulfide) groups is 1. The third kappa shape index (κ3) is 4.29. The van der Waals surface area contributed by atoms with Crippen LogP contribution in [0.5, 0.6) is 5.75 Å². The van der Waals surface area contributed by atoms with Crippen LogP contribution >= 0.6 is 23.1 Å². The summed E-state index contributed by atoms with van der Waals surface area (Å²) in [6, 6.07) is 7.77. The molecule has 0 radical (unpaired) electrons. The van der Waals surface area contributed by atoms with E-state index in [9.17, 15) is 9.18 Å². The van der Waals surface area contributed by atoms with Crippen molar-refractivity contribution in [2.24, 2.45) is 0 Å². The molecule has 0 saturated carbocycles. The van der Waals surface area contributed by atoms with Crippen LogP contribution in [0.2, 0.25) is 0 Å². The smallest absolute Gasteiger partial charge is 0.263 e. The summed E-state index contributed by atoms with van der Waals surface area (Å²) >= 11 is 2.99. The summed E-state index contributed by atoms with van der Waals surface area (Å²) in [5.41, 5.74) is -0.0313. The van der Waals surface area contributed by atoms with E-state index in [4.69, 9.17) is 4.74 Å². The highest BCUT2D eigenvalue weighted by Gasteiger charge is 2.11. The third-order valence-electron chi connectivity index (χ3n) is 3.46. The van der Waals surface area contributed by atoms with Crippen molar-refractivity contribution in [3.8, 4) is 5.75 Å². The Balaban J connectivity index is 1.60. The molecule has 25 heavy (non-hydrogen) atoms. The number of thiophene rings is 1. The molecule has 0 aliphatic carbocycles. The minimum absolute atomic E-state index is 0.0313. The SMILES string of the molecule is C=CCn1c(SCCCOc2ccc(F)cc2)nc2sccc2c1=O. The van der Waals surface area contributed by atoms with Gasteiger partial charge in [-0.3, -0.25) is 9.36 Å². The zero-order chi connectivity index (χ0) is 17.6. The van der Waals surface area contributed by atoms with Crippen LogP contribution in [0.3, 0.4) is 0 Å². The van der Waals surface area contributed by atoms with Gasteiger partial charge in [0.25, 0.3) is 5.56 Å². The van der Waals surface area contributed by atoms with Crippen LogP contribution in [0, 0.1) is 5.82 Å². The molecule has 4 nitrogen and oxygen atoms in total. The highest BCUT2D eigenvalue weighted by atomic mass is 32.2. The summed E-state index contributed by atoms with van der Waals surface area (Å²) in [5, 5.41) is 3.22. The van der Waals surface area contributed by atoms with Gasteiger partial charge in [0.1, 0.15) is 16.4 Å². The predicted octanol–water partition coefficient (Wildman–Crippen LogP) is 4.34. The lowest BCUT2D eigenvalue weighted by Gasteiger charge is -2.10. The van der Waals surface area contributed by atoms with Gasteiger partial charge in [0.15, 0.2) is 5.16 Å². The lowest BCUT2D eigenvalue weighted by Crippen LogP contribution is -2.22. The van der Waals surface area contributed by atoms with Gasteiger partial charge < -0.3 is 4.74 Å². The molecule has 0 atom stereocenters. The Morgan fingerprint density at radius 2 is 2.12 bits per heavy atom. The Kier molecular flexibility index (Phi) is 5.88. The number of rotatable bonds is 8. The monoisotopic (exact) mass is 376 g/mol. The summed E-state index contributed by atoms with van der Waals surface area (Å²) in [6.45, 7) is 4.67. The van der Waals surface area contributed by atoms with Crippen molar-refractivity contribution in [2.75, 3.05) is 12.4 Å². The number of allylic oxidation sites excluding steroid dienone is 1. The van der Waals surface area contributed by atoms with Crippen molar-refractivity contribution >= 4 is 33.3 Å². The van der Waals surface area contributed by atoms with Crippen LogP contribution in [0.4, 0.5) is 4.39 Å². The maximum atomic E-state index is 12.8. The maximum absolute atomic E-state index is 12.8. The summed E-state index contributed by atoms with van der Waals surface area (Å²) in [7, 11) is 0. The van der Waals surface area contributed by atoms with Crippen LogP contribution < -0.4 is 10.3 Å². The maximum Gasteiger partial charge on any atom is 0.263 e. The fourth-order valence-electron chi connectivity index (χ4n) is 2.27. The van der Waals surface area contributed by atoms with Crippen molar-refractivity contribution in [3.05, 3.63) is 64.5 Å². The molecule has 0 bridgehead atoms. The quantitative estimate of drug-likeness (QED) is 0.254. The number of aromatic nitrogens is 2. The molecule has 3 rings (SSSR count). The zero-order valence-electron chi connectivity index (χ0n) is 13.5. The Morgan fingerprint density at radius 1 is 1.32 bits per heavy atom. The molecular formula is C18H17FN2O2S2. The molecule has 0 unspecified atom stereocenters. The van der Waals surface area contributed by atoms with E-state index in [-0.39, 0.29) is 11.4 Å². The molecule has 130 valence electrons. The molecular weight excluding hydrogens is 359 g/mol. The van der Waals surface area contributed by atoms with E-state index >= 15 is 0 Å². The van der Waals surface area contributed by atoms with E-state index in [2.05, 4.69) is 11.6 Å². The second-order valence-electron chi connectivity index (χ2n) is 5.24. The van der Waals surface area contributed by atoms with Gasteiger partial charge in [0, 0.05) is 12.3 Å². The molecule has 0 N–H and O–H groups in total. The van der Waals surface area contributed by atoms with E-state index in [1.807, 2.05) is 5.38 Å². The first kappa shape index (κ1) is 17.7. The number of hydrogen-bond donors (Lipinski definition) is 0. The Bertz CT molecular complexity index is 919. The molecule has 0 spiro atoms. The summed E-state index contributed by atoms with van der Waals surface area (Å²) in [6.07, 6.45) is 2.48. The number of benzene rings is 1. The second-order valence-corrected chi connectivity index (χ2v) is 7.20. The Labute approximate surface area is 153 Å². The first-order valence-electron chi connectivity index (χ1n) is 7.79. The topological polar surface area (TPSA) is 44.1 Å². The number of fused-ring (bicyclic) bond motifs is 1. The van der Waals surface area contributed by atoms with E-state index in [0.29, 0.717) is 29.4 Å². The van der Waals surface area contributed by atoms with Gasteiger partial charge in [-0.15, -0.1) is 17.9 Å². The lowest BCUT2D eigenvalue weighted by atomic mass is 10.3. The van der Waals surface area contributed by atoms with Crippen molar-refractivity contribution in [1.29, 1.82) is 0 Å². The fraction of sp³-hybridized carbons (Fsp3) is 0.222. The minimum Gasteiger partial charge on any atom is -0.494 e. The summed E-state index contributed by atoms with van der Waals surface area (Å²) < 4.78 is 20.1. The molecule has 0 aliphatic rings. The third-order valence-corrected chi connectivity index (χ3v) is 5.33. The van der Waals surface area contributed by atoms with Crippen molar-refractivity contribution < 1.29 is 9.13 Å². The summed E-state index contributed by atoms with van der Waals surface area (Å²) in [4.78, 5) is 17.9. The van der Waals surface area contributed by atoms with Gasteiger partial charge in [-0.25, -0.2) is 9.37 Å². The van der Waals surface area contributed by atoms with Crippen LogP contribution in [-0.4, -0.2) is 21.9 Å². The van der Waals surface area contributed by atoms with Crippen molar-refractivity contribution in [3.63, 3.8) is 0 Å². The Hall–Kier alpha value is -2.12. The second kappa shape index (κ2) is 8.31. The average molecular weight is 376 g/mol. The molecule has 0 amide bonds. The highest BCUT2D eigenvalue weighted by Crippen LogP contribution is 2.22. The largest absolute Gasteiger partial charge is 0.494 e. The number of nitrogens with zero attached hydrogens (tertiary/aromatic N) is 2. The number of halogens is 1. The number of ether oxygens (including phenoxy) is 1. The van der Waals surface area contributed by atoms with E-state index in [0.717, 1.165) is 17.0 Å². The first-order valence-corrected chi connectivity index (χ1v) is 9.65. The van der Waals surface area contributed by atoms with Gasteiger partial charge >= 0.3 is 0 Å². The molecule has 7 heteroatoms. The van der Waals surface area contributed by atoms with Crippen molar-refractivity contribution in [2.45, 2.75) is 18.1 Å². The molecule has 0 saturated heterocycles. The number of hydrogen-bond acceptors (Lipinski definition) is 5. The molecule has 0 fully saturated rings. The summed E-state index contributed by atoms with van der Waals surface area (Å²) in [5.74, 6) is 1.13. The Morgan fingerprint density at radius 3 is 2.88 bits per heavy atom. The predicted molar refractivity (Wildman–Crippen MR) is 101 cm³/mol. The van der Waals surface area contributed by atoms with Crippen molar-refractivity contribution in [1.82, 2.24) is 9.55 Å². The van der Waals surface area contributed by atoms with Gasteiger partial charge in [-0.2, -0.15) is 0 Å². The zero-order valence-corrected chi connectivity index (χ0v) is 15.1. The molecule has 0 aliphatic heterocycles. The van der Waals surface area contributed by atoms with Gasteiger partial charge in [-0.1, -0.05) is 17.8 Å².